The molecule has 23 heavy (non-hydrogen) atoms. The lowest BCUT2D eigenvalue weighted by Gasteiger charge is -2.27. The van der Waals surface area contributed by atoms with E-state index in [1.54, 1.807) is 12.1 Å². The molecular formula is C19H27NO3. The van der Waals surface area contributed by atoms with Crippen LogP contribution < -0.4 is 0 Å². The maximum Gasteiger partial charge on any atom is 0.337 e. The number of β-amino-alcohol motifs (C(OH)–C–C–N with tert-alkyl or cyclic N) is 1. The zero-order valence-electron chi connectivity index (χ0n) is 14.3. The van der Waals surface area contributed by atoms with E-state index in [1.807, 2.05) is 26.0 Å². The average Bonchev–Trinajstić information content (AvgIpc) is 2.71. The second-order valence-corrected chi connectivity index (χ2v) is 6.86. The molecule has 0 aromatic heterocycles. The predicted molar refractivity (Wildman–Crippen MR) is 92.3 cm³/mol. The summed E-state index contributed by atoms with van der Waals surface area (Å²) in [6, 6.07) is 7.52. The molecule has 0 unspecified atom stereocenters. The van der Waals surface area contributed by atoms with Crippen molar-refractivity contribution >= 4 is 12.0 Å². The van der Waals surface area contributed by atoms with E-state index in [2.05, 4.69) is 11.0 Å². The van der Waals surface area contributed by atoms with Crippen LogP contribution in [0.5, 0.6) is 0 Å². The lowest BCUT2D eigenvalue weighted by molar-refractivity contribution is 0.0376. The average molecular weight is 317 g/mol. The number of hydrogen-bond donors (Lipinski definition) is 1. The number of aliphatic hydroxyl groups is 1. The fourth-order valence-electron chi connectivity index (χ4n) is 2.99. The number of ether oxygens (including phenoxy) is 1. The number of rotatable bonds is 4. The molecule has 0 radical (unpaired) electrons. The molecule has 1 aromatic rings. The summed E-state index contributed by atoms with van der Waals surface area (Å²) in [5.74, 6) is -0.305. The van der Waals surface area contributed by atoms with Gasteiger partial charge in [0.2, 0.25) is 0 Å². The van der Waals surface area contributed by atoms with E-state index < -0.39 is 5.60 Å². The molecule has 1 N–H and O–H groups in total. The summed E-state index contributed by atoms with van der Waals surface area (Å²) in [5.41, 5.74) is 2.47. The van der Waals surface area contributed by atoms with E-state index in [0.717, 1.165) is 37.9 Å². The Bertz CT molecular complexity index is 555. The van der Waals surface area contributed by atoms with Crippen molar-refractivity contribution in [2.75, 3.05) is 26.7 Å². The van der Waals surface area contributed by atoms with E-state index in [4.69, 9.17) is 4.74 Å². The van der Waals surface area contributed by atoms with Crippen molar-refractivity contribution in [3.8, 4) is 0 Å². The number of esters is 1. The van der Waals surface area contributed by atoms with Crippen LogP contribution in [0.15, 0.2) is 29.8 Å². The summed E-state index contributed by atoms with van der Waals surface area (Å²) in [4.78, 5) is 13.8. The first-order chi connectivity index (χ1) is 10.9. The number of carbonyl (C=O) groups excluding carboxylic acids is 1. The maximum atomic E-state index is 11.4. The van der Waals surface area contributed by atoms with Crippen molar-refractivity contribution in [3.05, 3.63) is 41.0 Å². The van der Waals surface area contributed by atoms with Crippen LogP contribution in [-0.2, 0) is 4.74 Å². The van der Waals surface area contributed by atoms with Gasteiger partial charge in [0, 0.05) is 13.1 Å². The minimum Gasteiger partial charge on any atom is -0.465 e. The van der Waals surface area contributed by atoms with Crippen molar-refractivity contribution in [3.63, 3.8) is 0 Å². The summed E-state index contributed by atoms with van der Waals surface area (Å²) in [6.45, 7) is 6.45. The maximum absolute atomic E-state index is 11.4. The first-order valence-corrected chi connectivity index (χ1v) is 8.20. The zero-order chi connectivity index (χ0) is 16.9. The molecule has 4 nitrogen and oxygen atoms in total. The molecule has 2 rings (SSSR count). The Labute approximate surface area is 138 Å². The smallest absolute Gasteiger partial charge is 0.337 e. The van der Waals surface area contributed by atoms with Crippen LogP contribution in [0, 0.1) is 0 Å². The number of methoxy groups -OCH3 is 1. The third kappa shape index (κ3) is 5.81. The Balaban J connectivity index is 1.99. The van der Waals surface area contributed by atoms with E-state index in [0.29, 0.717) is 12.1 Å². The topological polar surface area (TPSA) is 49.8 Å². The molecule has 1 saturated heterocycles. The van der Waals surface area contributed by atoms with Gasteiger partial charge in [0.25, 0.3) is 0 Å². The van der Waals surface area contributed by atoms with Crippen LogP contribution in [0.25, 0.3) is 6.08 Å². The van der Waals surface area contributed by atoms with Crippen LogP contribution in [0.1, 0.15) is 49.0 Å². The van der Waals surface area contributed by atoms with Crippen LogP contribution >= 0.6 is 0 Å². The lowest BCUT2D eigenvalue weighted by atomic mass is 10.0. The third-order valence-corrected chi connectivity index (χ3v) is 4.03. The molecular weight excluding hydrogens is 290 g/mol. The van der Waals surface area contributed by atoms with Crippen molar-refractivity contribution in [2.24, 2.45) is 0 Å². The number of nitrogens with zero attached hydrogens (tertiary/aromatic N) is 1. The summed E-state index contributed by atoms with van der Waals surface area (Å²) >= 11 is 0. The highest BCUT2D eigenvalue weighted by Gasteiger charge is 2.20. The molecule has 1 heterocycles. The van der Waals surface area contributed by atoms with Crippen molar-refractivity contribution in [1.82, 2.24) is 4.90 Å². The molecule has 0 amide bonds. The molecule has 0 saturated carbocycles. The van der Waals surface area contributed by atoms with Gasteiger partial charge >= 0.3 is 5.97 Å². The van der Waals surface area contributed by atoms with Crippen LogP contribution in [-0.4, -0.2) is 48.3 Å². The largest absolute Gasteiger partial charge is 0.465 e. The van der Waals surface area contributed by atoms with Gasteiger partial charge in [0.1, 0.15) is 0 Å². The monoisotopic (exact) mass is 317 g/mol. The zero-order valence-corrected chi connectivity index (χ0v) is 14.3. The number of likely N-dealkylation sites (tertiary alicyclic amines) is 1. The summed E-state index contributed by atoms with van der Waals surface area (Å²) < 4.78 is 4.71. The van der Waals surface area contributed by atoms with Gasteiger partial charge in [0.05, 0.1) is 18.3 Å². The van der Waals surface area contributed by atoms with Gasteiger partial charge in [-0.05, 0) is 57.4 Å². The number of hydrogen-bond acceptors (Lipinski definition) is 4. The van der Waals surface area contributed by atoms with Crippen molar-refractivity contribution in [2.45, 2.75) is 38.7 Å². The molecule has 4 heteroatoms. The van der Waals surface area contributed by atoms with Gasteiger partial charge in [-0.15, -0.1) is 0 Å². The standard InChI is InChI=1S/C19H27NO3/c1-19(2,22)14-20-11-4-5-15(10-12-20)13-16-6-8-17(9-7-16)18(21)23-3/h6-9,13,22H,4-5,10-12,14H2,1-3H3. The number of benzene rings is 1. The Morgan fingerprint density at radius 2 is 1.96 bits per heavy atom. The van der Waals surface area contributed by atoms with Gasteiger partial charge in [0.15, 0.2) is 0 Å². The molecule has 0 aliphatic carbocycles. The first-order valence-electron chi connectivity index (χ1n) is 8.20. The second kappa shape index (κ2) is 7.75. The molecule has 0 atom stereocenters. The Morgan fingerprint density at radius 1 is 1.26 bits per heavy atom. The van der Waals surface area contributed by atoms with Crippen molar-refractivity contribution < 1.29 is 14.6 Å². The lowest BCUT2D eigenvalue weighted by Crippen LogP contribution is -2.39. The highest BCUT2D eigenvalue weighted by atomic mass is 16.5. The second-order valence-electron chi connectivity index (χ2n) is 6.86. The van der Waals surface area contributed by atoms with Gasteiger partial charge in [-0.2, -0.15) is 0 Å². The first kappa shape index (κ1) is 17.7. The van der Waals surface area contributed by atoms with E-state index in [-0.39, 0.29) is 5.97 Å². The normalized spacial score (nSPS) is 18.7. The van der Waals surface area contributed by atoms with Crippen LogP contribution in [0.4, 0.5) is 0 Å². The van der Waals surface area contributed by atoms with E-state index in [1.165, 1.54) is 12.7 Å². The van der Waals surface area contributed by atoms with Gasteiger partial charge < -0.3 is 14.7 Å². The Morgan fingerprint density at radius 3 is 2.57 bits per heavy atom. The minimum atomic E-state index is -0.641. The summed E-state index contributed by atoms with van der Waals surface area (Å²) in [7, 11) is 1.39. The molecule has 126 valence electrons. The van der Waals surface area contributed by atoms with Gasteiger partial charge in [-0.3, -0.25) is 0 Å². The fraction of sp³-hybridized carbons (Fsp3) is 0.526. The van der Waals surface area contributed by atoms with Gasteiger partial charge in [-0.25, -0.2) is 4.79 Å². The highest BCUT2D eigenvalue weighted by molar-refractivity contribution is 5.89. The Kier molecular flexibility index (Phi) is 5.97. The summed E-state index contributed by atoms with van der Waals surface area (Å²) in [6.07, 6.45) is 5.44. The quantitative estimate of drug-likeness (QED) is 0.867. The molecule has 1 aliphatic rings. The minimum absolute atomic E-state index is 0.305. The van der Waals surface area contributed by atoms with Crippen LogP contribution in [0.2, 0.25) is 0 Å². The molecule has 1 fully saturated rings. The van der Waals surface area contributed by atoms with Crippen molar-refractivity contribution in [1.29, 1.82) is 0 Å². The predicted octanol–water partition coefficient (Wildman–Crippen LogP) is 3.11. The molecule has 0 bridgehead atoms. The molecule has 0 spiro atoms. The van der Waals surface area contributed by atoms with E-state index in [9.17, 15) is 9.90 Å². The molecule has 1 aromatic carbocycles. The highest BCUT2D eigenvalue weighted by Crippen LogP contribution is 2.21. The number of carbonyl (C=O) groups is 1. The molecule has 1 aliphatic heterocycles. The Hall–Kier alpha value is -1.65. The van der Waals surface area contributed by atoms with E-state index >= 15 is 0 Å². The fourth-order valence-corrected chi connectivity index (χ4v) is 2.99. The third-order valence-electron chi connectivity index (χ3n) is 4.03. The SMILES string of the molecule is COC(=O)c1ccc(C=C2CCCN(CC(C)(C)O)CC2)cc1. The summed E-state index contributed by atoms with van der Waals surface area (Å²) in [5, 5.41) is 9.96. The van der Waals surface area contributed by atoms with Crippen LogP contribution in [0.3, 0.4) is 0 Å². The van der Waals surface area contributed by atoms with Gasteiger partial charge in [-0.1, -0.05) is 23.8 Å².